The summed E-state index contributed by atoms with van der Waals surface area (Å²) in [6.45, 7) is 4.92. The quantitative estimate of drug-likeness (QED) is 0.825. The van der Waals surface area contributed by atoms with E-state index in [4.69, 9.17) is 0 Å². The predicted molar refractivity (Wildman–Crippen MR) is 69.9 cm³/mol. The first-order chi connectivity index (χ1) is 7.63. The van der Waals surface area contributed by atoms with E-state index in [2.05, 4.69) is 35.1 Å². The number of hydrogen-bond acceptors (Lipinski definition) is 1. The van der Waals surface area contributed by atoms with Gasteiger partial charge >= 0.3 is 0 Å². The van der Waals surface area contributed by atoms with E-state index in [-0.39, 0.29) is 5.82 Å². The highest BCUT2D eigenvalue weighted by atomic mass is 79.9. The fourth-order valence-electron chi connectivity index (χ4n) is 1.58. The van der Waals surface area contributed by atoms with Crippen LogP contribution in [0.3, 0.4) is 0 Å². The predicted octanol–water partition coefficient (Wildman–Crippen LogP) is 4.26. The Bertz CT molecular complexity index is 328. The van der Waals surface area contributed by atoms with E-state index < -0.39 is 0 Å². The van der Waals surface area contributed by atoms with Crippen LogP contribution < -0.4 is 5.32 Å². The molecule has 1 atom stereocenters. The van der Waals surface area contributed by atoms with Crippen molar-refractivity contribution in [3.63, 3.8) is 0 Å². The molecule has 0 radical (unpaired) electrons. The molecule has 0 saturated carbocycles. The molecule has 1 unspecified atom stereocenters. The summed E-state index contributed by atoms with van der Waals surface area (Å²) >= 11 is 3.35. The van der Waals surface area contributed by atoms with E-state index in [0.717, 1.165) is 16.5 Å². The van der Waals surface area contributed by atoms with Crippen LogP contribution in [0, 0.1) is 5.82 Å². The van der Waals surface area contributed by atoms with Gasteiger partial charge in [-0.1, -0.05) is 35.7 Å². The minimum absolute atomic E-state index is 0.140. The summed E-state index contributed by atoms with van der Waals surface area (Å²) in [5.74, 6) is -0.140. The van der Waals surface area contributed by atoms with Crippen LogP contribution in [0.25, 0.3) is 0 Å². The molecule has 0 aliphatic heterocycles. The lowest BCUT2D eigenvalue weighted by molar-refractivity contribution is 0.485. The van der Waals surface area contributed by atoms with Crippen LogP contribution in [-0.2, 0) is 6.54 Å². The normalized spacial score (nSPS) is 12.8. The van der Waals surface area contributed by atoms with E-state index in [9.17, 15) is 4.39 Å². The Balaban J connectivity index is 2.44. The molecule has 1 aromatic rings. The van der Waals surface area contributed by atoms with Gasteiger partial charge in [0, 0.05) is 22.6 Å². The molecule has 0 aliphatic carbocycles. The van der Waals surface area contributed by atoms with Crippen LogP contribution >= 0.6 is 15.9 Å². The van der Waals surface area contributed by atoms with Gasteiger partial charge in [-0.2, -0.15) is 0 Å². The molecule has 16 heavy (non-hydrogen) atoms. The van der Waals surface area contributed by atoms with E-state index >= 15 is 0 Å². The second kappa shape index (κ2) is 7.02. The smallest absolute Gasteiger partial charge is 0.127 e. The third-order valence-electron chi connectivity index (χ3n) is 2.64. The maximum atomic E-state index is 13.4. The summed E-state index contributed by atoms with van der Waals surface area (Å²) in [6, 6.07) is 5.49. The fourth-order valence-corrected chi connectivity index (χ4v) is 1.98. The molecule has 0 aromatic heterocycles. The second-order valence-corrected chi connectivity index (χ2v) is 5.08. The van der Waals surface area contributed by atoms with Crippen LogP contribution in [0.15, 0.2) is 22.7 Å². The molecule has 0 spiro atoms. The van der Waals surface area contributed by atoms with Crippen molar-refractivity contribution in [2.24, 2.45) is 0 Å². The minimum atomic E-state index is -0.140. The number of halogens is 2. The lowest BCUT2D eigenvalue weighted by atomic mass is 10.1. The second-order valence-electron chi connectivity index (χ2n) is 4.16. The summed E-state index contributed by atoms with van der Waals surface area (Å²) in [7, 11) is 0. The van der Waals surface area contributed by atoms with Crippen molar-refractivity contribution in [1.29, 1.82) is 0 Å². The van der Waals surface area contributed by atoms with Gasteiger partial charge in [0.1, 0.15) is 5.82 Å². The molecular weight excluding hydrogens is 269 g/mol. The van der Waals surface area contributed by atoms with Crippen molar-refractivity contribution >= 4 is 15.9 Å². The van der Waals surface area contributed by atoms with E-state index in [1.54, 1.807) is 6.07 Å². The van der Waals surface area contributed by atoms with Gasteiger partial charge in [-0.25, -0.2) is 4.39 Å². The monoisotopic (exact) mass is 287 g/mol. The number of benzene rings is 1. The Hall–Kier alpha value is -0.410. The first-order valence-corrected chi connectivity index (χ1v) is 6.60. The van der Waals surface area contributed by atoms with Gasteiger partial charge in [0.05, 0.1) is 0 Å². The molecule has 0 aliphatic rings. The zero-order chi connectivity index (χ0) is 12.0. The molecule has 90 valence electrons. The van der Waals surface area contributed by atoms with E-state index in [1.165, 1.54) is 18.9 Å². The molecule has 3 heteroatoms. The molecule has 1 rings (SSSR count). The summed E-state index contributed by atoms with van der Waals surface area (Å²) in [5.41, 5.74) is 0.720. The van der Waals surface area contributed by atoms with Crippen LogP contribution in [-0.4, -0.2) is 6.04 Å². The van der Waals surface area contributed by atoms with Gasteiger partial charge in [0.15, 0.2) is 0 Å². The summed E-state index contributed by atoms with van der Waals surface area (Å²) in [4.78, 5) is 0. The number of rotatable bonds is 6. The Morgan fingerprint density at radius 2 is 2.19 bits per heavy atom. The average Bonchev–Trinajstić information content (AvgIpc) is 2.27. The van der Waals surface area contributed by atoms with Gasteiger partial charge in [-0.05, 0) is 31.5 Å². The SMILES string of the molecule is CCCCC(C)NCc1cc(Br)ccc1F. The highest BCUT2D eigenvalue weighted by molar-refractivity contribution is 9.10. The third kappa shape index (κ3) is 4.62. The number of unbranched alkanes of at least 4 members (excludes halogenated alkanes) is 1. The Kier molecular flexibility index (Phi) is 5.99. The first-order valence-electron chi connectivity index (χ1n) is 5.80. The standard InChI is InChI=1S/C13H19BrFN/c1-3-4-5-10(2)16-9-11-8-12(14)6-7-13(11)15/h6-8,10,16H,3-5,9H2,1-2H3. The lowest BCUT2D eigenvalue weighted by Gasteiger charge is -2.13. The van der Waals surface area contributed by atoms with Gasteiger partial charge < -0.3 is 5.32 Å². The van der Waals surface area contributed by atoms with Gasteiger partial charge in [0.25, 0.3) is 0 Å². The zero-order valence-corrected chi connectivity index (χ0v) is 11.5. The van der Waals surface area contributed by atoms with Crippen molar-refractivity contribution in [3.05, 3.63) is 34.1 Å². The molecule has 0 amide bonds. The van der Waals surface area contributed by atoms with Crippen LogP contribution in [0.4, 0.5) is 4.39 Å². The van der Waals surface area contributed by atoms with Crippen LogP contribution in [0.5, 0.6) is 0 Å². The van der Waals surface area contributed by atoms with Crippen LogP contribution in [0.2, 0.25) is 0 Å². The number of hydrogen-bond donors (Lipinski definition) is 1. The minimum Gasteiger partial charge on any atom is -0.310 e. The Labute approximate surface area is 106 Å². The molecule has 1 N–H and O–H groups in total. The highest BCUT2D eigenvalue weighted by Crippen LogP contribution is 2.15. The third-order valence-corrected chi connectivity index (χ3v) is 3.13. The largest absolute Gasteiger partial charge is 0.310 e. The van der Waals surface area contributed by atoms with Crippen molar-refractivity contribution in [1.82, 2.24) is 5.32 Å². The molecule has 0 heterocycles. The molecule has 0 bridgehead atoms. The molecule has 1 aromatic carbocycles. The molecular formula is C13H19BrFN. The average molecular weight is 288 g/mol. The maximum Gasteiger partial charge on any atom is 0.127 e. The van der Waals surface area contributed by atoms with Crippen molar-refractivity contribution in [2.45, 2.75) is 45.7 Å². The maximum absolute atomic E-state index is 13.4. The Morgan fingerprint density at radius 3 is 2.88 bits per heavy atom. The van der Waals surface area contributed by atoms with Crippen LogP contribution in [0.1, 0.15) is 38.7 Å². The summed E-state index contributed by atoms with van der Waals surface area (Å²) < 4.78 is 14.3. The van der Waals surface area contributed by atoms with E-state index in [1.807, 2.05) is 6.07 Å². The van der Waals surface area contributed by atoms with Gasteiger partial charge in [0.2, 0.25) is 0 Å². The molecule has 1 nitrogen and oxygen atoms in total. The summed E-state index contributed by atoms with van der Waals surface area (Å²) in [6.07, 6.45) is 3.57. The topological polar surface area (TPSA) is 12.0 Å². The molecule has 0 fully saturated rings. The zero-order valence-electron chi connectivity index (χ0n) is 9.89. The summed E-state index contributed by atoms with van der Waals surface area (Å²) in [5, 5.41) is 3.34. The Morgan fingerprint density at radius 1 is 1.44 bits per heavy atom. The number of nitrogens with one attached hydrogen (secondary N) is 1. The van der Waals surface area contributed by atoms with Crippen molar-refractivity contribution < 1.29 is 4.39 Å². The highest BCUT2D eigenvalue weighted by Gasteiger charge is 2.05. The van der Waals surface area contributed by atoms with Crippen molar-refractivity contribution in [2.75, 3.05) is 0 Å². The lowest BCUT2D eigenvalue weighted by Crippen LogP contribution is -2.25. The van der Waals surface area contributed by atoms with Gasteiger partial charge in [-0.15, -0.1) is 0 Å². The van der Waals surface area contributed by atoms with E-state index in [0.29, 0.717) is 12.6 Å². The first kappa shape index (κ1) is 13.7. The molecule has 0 saturated heterocycles. The van der Waals surface area contributed by atoms with Gasteiger partial charge in [-0.3, -0.25) is 0 Å². The fraction of sp³-hybridized carbons (Fsp3) is 0.538. The van der Waals surface area contributed by atoms with Crippen molar-refractivity contribution in [3.8, 4) is 0 Å².